The standard InChI is InChI=1S/C6H11N/c1-3-5-6(7)4-2/h3,5H,1,4,7H2,2H3. The average Bonchev–Trinajstić information content (AvgIpc) is 1.68. The highest BCUT2D eigenvalue weighted by molar-refractivity contribution is 5.05. The van der Waals surface area contributed by atoms with Gasteiger partial charge >= 0.3 is 0 Å². The molecule has 0 amide bonds. The van der Waals surface area contributed by atoms with Crippen LogP contribution in [0.25, 0.3) is 0 Å². The van der Waals surface area contributed by atoms with Gasteiger partial charge in [-0.2, -0.15) is 0 Å². The van der Waals surface area contributed by atoms with Crippen molar-refractivity contribution in [3.05, 3.63) is 24.4 Å². The van der Waals surface area contributed by atoms with Gasteiger partial charge in [0, 0.05) is 5.70 Å². The van der Waals surface area contributed by atoms with Crippen molar-refractivity contribution in [1.82, 2.24) is 0 Å². The van der Waals surface area contributed by atoms with Gasteiger partial charge in [-0.3, -0.25) is 0 Å². The minimum Gasteiger partial charge on any atom is -0.402 e. The maximum Gasteiger partial charge on any atom is 0.00774 e. The van der Waals surface area contributed by atoms with E-state index in [9.17, 15) is 0 Å². The fourth-order valence-corrected chi connectivity index (χ4v) is 0.269. The summed E-state index contributed by atoms with van der Waals surface area (Å²) in [6.45, 7) is 5.50. The smallest absolute Gasteiger partial charge is 0.00774 e. The summed E-state index contributed by atoms with van der Waals surface area (Å²) < 4.78 is 0. The van der Waals surface area contributed by atoms with Crippen LogP contribution in [0.15, 0.2) is 24.4 Å². The van der Waals surface area contributed by atoms with Crippen LogP contribution >= 0.6 is 0 Å². The molecule has 0 unspecified atom stereocenters. The molecule has 0 aliphatic heterocycles. The van der Waals surface area contributed by atoms with Crippen LogP contribution in [0.4, 0.5) is 0 Å². The lowest BCUT2D eigenvalue weighted by Gasteiger charge is -1.87. The highest BCUT2D eigenvalue weighted by atomic mass is 14.6. The van der Waals surface area contributed by atoms with Gasteiger partial charge in [-0.25, -0.2) is 0 Å². The Balaban J connectivity index is 3.49. The van der Waals surface area contributed by atoms with Gasteiger partial charge in [0.1, 0.15) is 0 Å². The predicted molar refractivity (Wildman–Crippen MR) is 32.8 cm³/mol. The molecule has 40 valence electrons. The predicted octanol–water partition coefficient (Wildman–Crippen LogP) is 1.43. The SMILES string of the molecule is C=CC=C(N)CC. The molecule has 0 saturated carbocycles. The van der Waals surface area contributed by atoms with E-state index >= 15 is 0 Å². The first kappa shape index (κ1) is 6.28. The maximum absolute atomic E-state index is 5.37. The lowest BCUT2D eigenvalue weighted by molar-refractivity contribution is 1.07. The van der Waals surface area contributed by atoms with E-state index in [2.05, 4.69) is 6.58 Å². The molecule has 0 aromatic heterocycles. The third kappa shape index (κ3) is 3.10. The van der Waals surface area contributed by atoms with Crippen molar-refractivity contribution in [2.45, 2.75) is 13.3 Å². The number of hydrogen-bond acceptors (Lipinski definition) is 1. The number of allylic oxidation sites excluding steroid dienone is 3. The lowest BCUT2D eigenvalue weighted by Crippen LogP contribution is -1.92. The van der Waals surface area contributed by atoms with Crippen molar-refractivity contribution in [1.29, 1.82) is 0 Å². The van der Waals surface area contributed by atoms with Gasteiger partial charge in [0.15, 0.2) is 0 Å². The van der Waals surface area contributed by atoms with Gasteiger partial charge in [0.05, 0.1) is 0 Å². The second-order valence-electron chi connectivity index (χ2n) is 1.33. The van der Waals surface area contributed by atoms with Crippen LogP contribution in [0.1, 0.15) is 13.3 Å². The quantitative estimate of drug-likeness (QED) is 0.518. The third-order valence-electron chi connectivity index (χ3n) is 0.740. The van der Waals surface area contributed by atoms with Crippen LogP contribution in [-0.4, -0.2) is 0 Å². The van der Waals surface area contributed by atoms with Gasteiger partial charge in [0.25, 0.3) is 0 Å². The molecule has 7 heavy (non-hydrogen) atoms. The van der Waals surface area contributed by atoms with Crippen molar-refractivity contribution in [3.8, 4) is 0 Å². The Morgan fingerprint density at radius 2 is 2.43 bits per heavy atom. The van der Waals surface area contributed by atoms with E-state index < -0.39 is 0 Å². The number of rotatable bonds is 2. The lowest BCUT2D eigenvalue weighted by atomic mass is 10.3. The minimum absolute atomic E-state index is 0.884. The van der Waals surface area contributed by atoms with Crippen molar-refractivity contribution >= 4 is 0 Å². The van der Waals surface area contributed by atoms with Crippen LogP contribution in [0.2, 0.25) is 0 Å². The van der Waals surface area contributed by atoms with Gasteiger partial charge in [-0.1, -0.05) is 19.6 Å². The fraction of sp³-hybridized carbons (Fsp3) is 0.333. The van der Waals surface area contributed by atoms with Gasteiger partial charge in [-0.15, -0.1) is 0 Å². The van der Waals surface area contributed by atoms with Gasteiger partial charge in [0.2, 0.25) is 0 Å². The Labute approximate surface area is 44.5 Å². The first-order valence-electron chi connectivity index (χ1n) is 2.38. The van der Waals surface area contributed by atoms with E-state index in [-0.39, 0.29) is 0 Å². The Bertz CT molecular complexity index is 82.2. The molecular weight excluding hydrogens is 86.1 g/mol. The van der Waals surface area contributed by atoms with Gasteiger partial charge < -0.3 is 5.73 Å². The molecule has 0 bridgehead atoms. The summed E-state index contributed by atoms with van der Waals surface area (Å²) in [5.41, 5.74) is 6.26. The molecule has 0 rings (SSSR count). The van der Waals surface area contributed by atoms with E-state index in [1.165, 1.54) is 0 Å². The molecule has 0 aliphatic rings. The molecular formula is C6H11N. The summed E-state index contributed by atoms with van der Waals surface area (Å²) >= 11 is 0. The highest BCUT2D eigenvalue weighted by Crippen LogP contribution is 1.87. The Morgan fingerprint density at radius 3 is 2.57 bits per heavy atom. The second kappa shape index (κ2) is 3.47. The van der Waals surface area contributed by atoms with Crippen LogP contribution in [0.3, 0.4) is 0 Å². The number of hydrogen-bond donors (Lipinski definition) is 1. The van der Waals surface area contributed by atoms with Gasteiger partial charge in [-0.05, 0) is 12.5 Å². The second-order valence-corrected chi connectivity index (χ2v) is 1.33. The summed E-state index contributed by atoms with van der Waals surface area (Å²) in [7, 11) is 0. The van der Waals surface area contributed by atoms with E-state index in [1.807, 2.05) is 6.92 Å². The summed E-state index contributed by atoms with van der Waals surface area (Å²) in [4.78, 5) is 0. The summed E-state index contributed by atoms with van der Waals surface area (Å²) in [6.07, 6.45) is 4.41. The largest absolute Gasteiger partial charge is 0.402 e. The Hall–Kier alpha value is -0.720. The van der Waals surface area contributed by atoms with Crippen molar-refractivity contribution in [2.75, 3.05) is 0 Å². The van der Waals surface area contributed by atoms with Crippen LogP contribution in [-0.2, 0) is 0 Å². The zero-order valence-electron chi connectivity index (χ0n) is 4.65. The van der Waals surface area contributed by atoms with Crippen LogP contribution in [0, 0.1) is 0 Å². The molecule has 0 heterocycles. The van der Waals surface area contributed by atoms with Crippen molar-refractivity contribution in [3.63, 3.8) is 0 Å². The van der Waals surface area contributed by atoms with Crippen molar-refractivity contribution < 1.29 is 0 Å². The average molecular weight is 97.2 g/mol. The van der Waals surface area contributed by atoms with E-state index in [0.717, 1.165) is 12.1 Å². The molecule has 0 atom stereocenters. The van der Waals surface area contributed by atoms with E-state index in [4.69, 9.17) is 5.73 Å². The monoisotopic (exact) mass is 97.1 g/mol. The topological polar surface area (TPSA) is 26.0 Å². The summed E-state index contributed by atoms with van der Waals surface area (Å²) in [6, 6.07) is 0. The molecule has 0 radical (unpaired) electrons. The Morgan fingerprint density at radius 1 is 1.86 bits per heavy atom. The molecule has 0 aliphatic carbocycles. The molecule has 1 heteroatoms. The Kier molecular flexibility index (Phi) is 3.11. The number of nitrogens with two attached hydrogens (primary N) is 1. The maximum atomic E-state index is 5.37. The molecule has 0 spiro atoms. The fourth-order valence-electron chi connectivity index (χ4n) is 0.269. The van der Waals surface area contributed by atoms with Crippen LogP contribution in [0.5, 0.6) is 0 Å². The molecule has 0 saturated heterocycles. The first-order valence-corrected chi connectivity index (χ1v) is 2.38. The van der Waals surface area contributed by atoms with Crippen LogP contribution < -0.4 is 5.73 Å². The molecule has 0 aromatic carbocycles. The molecule has 1 nitrogen and oxygen atoms in total. The normalized spacial score (nSPS) is 11.3. The van der Waals surface area contributed by atoms with E-state index in [0.29, 0.717) is 0 Å². The first-order chi connectivity index (χ1) is 3.31. The third-order valence-corrected chi connectivity index (χ3v) is 0.740. The highest BCUT2D eigenvalue weighted by Gasteiger charge is 1.75. The minimum atomic E-state index is 0.884. The molecule has 2 N–H and O–H groups in total. The van der Waals surface area contributed by atoms with E-state index in [1.54, 1.807) is 12.2 Å². The summed E-state index contributed by atoms with van der Waals surface area (Å²) in [5, 5.41) is 0. The molecule has 0 aromatic rings. The summed E-state index contributed by atoms with van der Waals surface area (Å²) in [5.74, 6) is 0. The van der Waals surface area contributed by atoms with Crippen molar-refractivity contribution in [2.24, 2.45) is 5.73 Å². The zero-order valence-corrected chi connectivity index (χ0v) is 4.65. The zero-order chi connectivity index (χ0) is 5.70. The molecule has 0 fully saturated rings.